The number of hydrogen-bond acceptors (Lipinski definition) is 0. The maximum Gasteiger partial charge on any atom is 1.00 e. The Morgan fingerprint density at radius 2 is 1.67 bits per heavy atom. The van der Waals surface area contributed by atoms with Crippen LogP contribution in [0.1, 0.15) is 13.8 Å². The molecular formula is C4H10LiN. The van der Waals surface area contributed by atoms with Gasteiger partial charge in [-0.1, -0.05) is 19.8 Å². The third kappa shape index (κ3) is 8.82. The van der Waals surface area contributed by atoms with E-state index in [9.17, 15) is 0 Å². The summed E-state index contributed by atoms with van der Waals surface area (Å²) in [6, 6.07) is 0. The van der Waals surface area contributed by atoms with Gasteiger partial charge in [0.25, 0.3) is 0 Å². The van der Waals surface area contributed by atoms with E-state index in [4.69, 9.17) is 5.73 Å². The van der Waals surface area contributed by atoms with Crippen molar-refractivity contribution >= 4 is 0 Å². The second-order valence-corrected chi connectivity index (χ2v) is 1.60. The van der Waals surface area contributed by atoms with Gasteiger partial charge < -0.3 is 5.73 Å². The molecular weight excluding hydrogens is 69.0 g/mol. The number of rotatable bonds is 1. The van der Waals surface area contributed by atoms with E-state index in [1.807, 2.05) is 13.8 Å². The molecule has 0 aromatic heterocycles. The Hall–Kier alpha value is 0.557. The topological polar surface area (TPSA) is 23.8 Å². The van der Waals surface area contributed by atoms with E-state index in [1.165, 1.54) is 0 Å². The molecule has 0 aromatic rings. The van der Waals surface area contributed by atoms with Crippen molar-refractivity contribution in [1.82, 2.24) is 0 Å². The Bertz CT molecular complexity index is 21.5. The predicted octanol–water partition coefficient (Wildman–Crippen LogP) is -1.30. The average molecular weight is 79.1 g/mol. The van der Waals surface area contributed by atoms with Crippen LogP contribution in [0, 0.1) is 5.92 Å². The zero-order chi connectivity index (χ0) is 4.28. The molecule has 1 N–H and O–H groups in total. The summed E-state index contributed by atoms with van der Waals surface area (Å²) in [7, 11) is 0. The Balaban J connectivity index is 0. The molecule has 0 unspecified atom stereocenters. The quantitative estimate of drug-likeness (QED) is 0.349. The van der Waals surface area contributed by atoms with Crippen molar-refractivity contribution in [2.75, 3.05) is 6.54 Å². The first kappa shape index (κ1) is 9.75. The summed E-state index contributed by atoms with van der Waals surface area (Å²) in [5.41, 5.74) is 6.66. The molecule has 0 saturated heterocycles. The van der Waals surface area contributed by atoms with Gasteiger partial charge in [-0.05, 0) is 0 Å². The fraction of sp³-hybridized carbons (Fsp3) is 1.00. The molecule has 0 heterocycles. The van der Waals surface area contributed by atoms with E-state index in [0.717, 1.165) is 0 Å². The molecule has 0 rings (SSSR count). The van der Waals surface area contributed by atoms with Crippen LogP contribution in [-0.2, 0) is 0 Å². The van der Waals surface area contributed by atoms with E-state index in [0.29, 0.717) is 12.5 Å². The van der Waals surface area contributed by atoms with Crippen molar-refractivity contribution in [2.24, 2.45) is 5.92 Å². The van der Waals surface area contributed by atoms with Crippen LogP contribution >= 0.6 is 0 Å². The molecule has 0 fully saturated rings. The summed E-state index contributed by atoms with van der Waals surface area (Å²) >= 11 is 0. The van der Waals surface area contributed by atoms with Gasteiger partial charge in [0.05, 0.1) is 0 Å². The van der Waals surface area contributed by atoms with Gasteiger partial charge in [0.1, 0.15) is 0 Å². The maximum absolute atomic E-state index is 6.66. The van der Waals surface area contributed by atoms with Crippen LogP contribution in [0.2, 0.25) is 0 Å². The summed E-state index contributed by atoms with van der Waals surface area (Å²) in [4.78, 5) is 0. The minimum atomic E-state index is 0. The first-order chi connectivity index (χ1) is 2.27. The van der Waals surface area contributed by atoms with Gasteiger partial charge in [-0.2, -0.15) is 0 Å². The van der Waals surface area contributed by atoms with E-state index in [2.05, 4.69) is 0 Å². The van der Waals surface area contributed by atoms with Gasteiger partial charge in [-0.15, -0.1) is 6.54 Å². The maximum atomic E-state index is 6.66. The Morgan fingerprint density at radius 1 is 1.50 bits per heavy atom. The minimum absolute atomic E-state index is 0. The number of nitrogens with one attached hydrogen (secondary N) is 1. The van der Waals surface area contributed by atoms with Gasteiger partial charge in [-0.3, -0.25) is 0 Å². The van der Waals surface area contributed by atoms with Crippen LogP contribution < -0.4 is 18.9 Å². The molecule has 0 saturated carbocycles. The molecule has 1 nitrogen and oxygen atoms in total. The third-order valence-electron chi connectivity index (χ3n) is 0.408. The Kier molecular flexibility index (Phi) is 9.03. The van der Waals surface area contributed by atoms with Crippen molar-refractivity contribution in [3.05, 3.63) is 5.73 Å². The zero-order valence-corrected chi connectivity index (χ0v) is 4.78. The van der Waals surface area contributed by atoms with Crippen molar-refractivity contribution < 1.29 is 18.9 Å². The van der Waals surface area contributed by atoms with E-state index < -0.39 is 0 Å². The molecule has 0 radical (unpaired) electrons. The molecule has 0 atom stereocenters. The molecule has 2 heteroatoms. The first-order valence-electron chi connectivity index (χ1n) is 1.92. The normalized spacial score (nSPS) is 8.00. The minimum Gasteiger partial charge on any atom is -0.677 e. The van der Waals surface area contributed by atoms with Crippen LogP contribution in [0.5, 0.6) is 0 Å². The second kappa shape index (κ2) is 5.56. The molecule has 0 aliphatic heterocycles. The smallest absolute Gasteiger partial charge is 0.677 e. The monoisotopic (exact) mass is 79.1 g/mol. The SMILES string of the molecule is CC(C)C[NH-].[Li+]. The Morgan fingerprint density at radius 3 is 1.67 bits per heavy atom. The van der Waals surface area contributed by atoms with Gasteiger partial charge in [0.15, 0.2) is 0 Å². The molecule has 0 aliphatic rings. The first-order valence-corrected chi connectivity index (χ1v) is 1.92. The van der Waals surface area contributed by atoms with Gasteiger partial charge in [-0.25, -0.2) is 0 Å². The van der Waals surface area contributed by atoms with Crippen molar-refractivity contribution in [3.63, 3.8) is 0 Å². The second-order valence-electron chi connectivity index (χ2n) is 1.60. The molecule has 0 spiro atoms. The zero-order valence-electron chi connectivity index (χ0n) is 4.78. The van der Waals surface area contributed by atoms with Crippen LogP contribution in [0.4, 0.5) is 0 Å². The molecule has 0 bridgehead atoms. The largest absolute Gasteiger partial charge is 1.00 e. The van der Waals surface area contributed by atoms with Crippen molar-refractivity contribution in [3.8, 4) is 0 Å². The predicted molar refractivity (Wildman–Crippen MR) is 24.0 cm³/mol. The standard InChI is InChI=1S/C4H10N.Li/c1-4(2)3-5;/h4-5H,3H2,1-2H3;/q-1;+1. The van der Waals surface area contributed by atoms with Gasteiger partial charge >= 0.3 is 18.9 Å². The fourth-order valence-electron chi connectivity index (χ4n) is 0. The molecule has 6 heavy (non-hydrogen) atoms. The molecule has 32 valence electrons. The molecule has 0 aromatic carbocycles. The van der Waals surface area contributed by atoms with Crippen LogP contribution in [0.3, 0.4) is 0 Å². The van der Waals surface area contributed by atoms with Gasteiger partial charge in [0.2, 0.25) is 0 Å². The summed E-state index contributed by atoms with van der Waals surface area (Å²) in [5, 5.41) is 0. The summed E-state index contributed by atoms with van der Waals surface area (Å²) in [6.45, 7) is 4.62. The van der Waals surface area contributed by atoms with E-state index in [1.54, 1.807) is 0 Å². The number of hydrogen-bond donors (Lipinski definition) is 0. The van der Waals surface area contributed by atoms with Crippen molar-refractivity contribution in [2.45, 2.75) is 13.8 Å². The van der Waals surface area contributed by atoms with E-state index >= 15 is 0 Å². The molecule has 0 aliphatic carbocycles. The van der Waals surface area contributed by atoms with Crippen LogP contribution in [0.25, 0.3) is 5.73 Å². The van der Waals surface area contributed by atoms with Crippen LogP contribution in [0.15, 0.2) is 0 Å². The summed E-state index contributed by atoms with van der Waals surface area (Å²) < 4.78 is 0. The van der Waals surface area contributed by atoms with Gasteiger partial charge in [0, 0.05) is 0 Å². The fourth-order valence-corrected chi connectivity index (χ4v) is 0. The summed E-state index contributed by atoms with van der Waals surface area (Å²) in [5.74, 6) is 0.551. The van der Waals surface area contributed by atoms with E-state index in [-0.39, 0.29) is 18.9 Å². The third-order valence-corrected chi connectivity index (χ3v) is 0.408. The molecule has 0 amide bonds. The van der Waals surface area contributed by atoms with Crippen LogP contribution in [-0.4, -0.2) is 6.54 Å². The Labute approximate surface area is 51.5 Å². The average Bonchev–Trinajstić information content (AvgIpc) is 1.38. The van der Waals surface area contributed by atoms with Crippen molar-refractivity contribution in [1.29, 1.82) is 0 Å². The summed E-state index contributed by atoms with van der Waals surface area (Å²) in [6.07, 6.45) is 0.